The number of nitrogens with zero attached hydrogens (tertiary/aromatic N) is 4. The van der Waals surface area contributed by atoms with Gasteiger partial charge in [0, 0.05) is 6.42 Å². The van der Waals surface area contributed by atoms with E-state index in [2.05, 4.69) is 22.0 Å². The Labute approximate surface area is 177 Å². The molecule has 0 saturated carbocycles. The van der Waals surface area contributed by atoms with Gasteiger partial charge in [-0.3, -0.25) is 9.36 Å². The van der Waals surface area contributed by atoms with Crippen LogP contribution < -0.4 is 5.56 Å². The highest BCUT2D eigenvalue weighted by Crippen LogP contribution is 2.25. The van der Waals surface area contributed by atoms with E-state index in [4.69, 9.17) is 4.52 Å². The van der Waals surface area contributed by atoms with Crippen LogP contribution in [-0.2, 0) is 12.2 Å². The number of fused-ring (bicyclic) bond motifs is 1. The van der Waals surface area contributed by atoms with Crippen LogP contribution in [0.25, 0.3) is 16.6 Å². The van der Waals surface area contributed by atoms with E-state index in [9.17, 15) is 9.18 Å². The lowest BCUT2D eigenvalue weighted by Gasteiger charge is -2.13. The average Bonchev–Trinajstić information content (AvgIpc) is 3.21. The van der Waals surface area contributed by atoms with Gasteiger partial charge in [-0.15, -0.1) is 0 Å². The minimum absolute atomic E-state index is 0.250. The zero-order valence-corrected chi connectivity index (χ0v) is 17.6. The number of benzene rings is 2. The zero-order valence-electron chi connectivity index (χ0n) is 16.8. The zero-order chi connectivity index (χ0) is 21.1. The van der Waals surface area contributed by atoms with Gasteiger partial charge < -0.3 is 4.52 Å². The normalized spacial score (nSPS) is 11.3. The van der Waals surface area contributed by atoms with E-state index in [1.165, 1.54) is 22.4 Å². The monoisotopic (exact) mass is 424 g/mol. The Kier molecular flexibility index (Phi) is 5.94. The topological polar surface area (TPSA) is 73.8 Å². The second-order valence-electron chi connectivity index (χ2n) is 6.98. The fourth-order valence-corrected chi connectivity index (χ4v) is 3.92. The van der Waals surface area contributed by atoms with E-state index in [1.54, 1.807) is 37.3 Å². The summed E-state index contributed by atoms with van der Waals surface area (Å²) in [5.41, 5.74) is 1.28. The Balaban J connectivity index is 1.73. The number of halogens is 1. The summed E-state index contributed by atoms with van der Waals surface area (Å²) in [4.78, 5) is 22.3. The van der Waals surface area contributed by atoms with Crippen molar-refractivity contribution in [2.24, 2.45) is 0 Å². The fraction of sp³-hybridized carbons (Fsp3) is 0.273. The van der Waals surface area contributed by atoms with Gasteiger partial charge in [0.25, 0.3) is 5.56 Å². The van der Waals surface area contributed by atoms with Crippen molar-refractivity contribution in [2.75, 3.05) is 0 Å². The van der Waals surface area contributed by atoms with Gasteiger partial charge in [0.2, 0.25) is 5.89 Å². The molecule has 0 aliphatic heterocycles. The highest BCUT2D eigenvalue weighted by molar-refractivity contribution is 7.98. The van der Waals surface area contributed by atoms with Crippen LogP contribution in [-0.4, -0.2) is 19.7 Å². The molecule has 2 heterocycles. The van der Waals surface area contributed by atoms with Crippen LogP contribution in [0, 0.1) is 12.7 Å². The van der Waals surface area contributed by atoms with Gasteiger partial charge in [-0.25, -0.2) is 9.37 Å². The summed E-state index contributed by atoms with van der Waals surface area (Å²) in [6.07, 6.45) is 2.82. The first-order valence-corrected chi connectivity index (χ1v) is 10.8. The molecule has 154 valence electrons. The number of aromatic nitrogens is 4. The average molecular weight is 425 g/mol. The SMILES string of the molecule is CCCCc1noc(CSc2nc3ccccc3c(=O)n2-c2ccc(C)c(F)c2)n1. The molecule has 6 nitrogen and oxygen atoms in total. The number of unbranched alkanes of at least 4 members (excludes halogenated alkanes) is 1. The molecule has 2 aromatic carbocycles. The molecule has 4 rings (SSSR count). The molecule has 0 saturated heterocycles. The number of thioether (sulfide) groups is 1. The van der Waals surface area contributed by atoms with E-state index in [-0.39, 0.29) is 11.4 Å². The molecule has 0 N–H and O–H groups in total. The van der Waals surface area contributed by atoms with Crippen molar-refractivity contribution in [3.63, 3.8) is 0 Å². The molecular formula is C22H21FN4O2S. The maximum atomic E-state index is 14.2. The largest absolute Gasteiger partial charge is 0.338 e. The highest BCUT2D eigenvalue weighted by atomic mass is 32.2. The molecule has 0 bridgehead atoms. The molecule has 30 heavy (non-hydrogen) atoms. The molecule has 0 spiro atoms. The maximum absolute atomic E-state index is 14.2. The van der Waals surface area contributed by atoms with Gasteiger partial charge in [-0.2, -0.15) is 4.98 Å². The van der Waals surface area contributed by atoms with Gasteiger partial charge in [0.15, 0.2) is 11.0 Å². The maximum Gasteiger partial charge on any atom is 0.266 e. The lowest BCUT2D eigenvalue weighted by atomic mass is 10.2. The second kappa shape index (κ2) is 8.79. The highest BCUT2D eigenvalue weighted by Gasteiger charge is 2.16. The third kappa shape index (κ3) is 4.14. The van der Waals surface area contributed by atoms with Gasteiger partial charge >= 0.3 is 0 Å². The van der Waals surface area contributed by atoms with Crippen LogP contribution in [0.2, 0.25) is 0 Å². The van der Waals surface area contributed by atoms with Crippen LogP contribution >= 0.6 is 11.8 Å². The van der Waals surface area contributed by atoms with Crippen LogP contribution in [0.3, 0.4) is 0 Å². The Bertz CT molecular complexity index is 1250. The molecule has 8 heteroatoms. The summed E-state index contributed by atoms with van der Waals surface area (Å²) in [5, 5.41) is 4.91. The Morgan fingerprint density at radius 1 is 1.17 bits per heavy atom. The second-order valence-corrected chi connectivity index (χ2v) is 7.92. The lowest BCUT2D eigenvalue weighted by molar-refractivity contribution is 0.384. The van der Waals surface area contributed by atoms with Gasteiger partial charge in [0.1, 0.15) is 5.82 Å². The van der Waals surface area contributed by atoms with Crippen molar-refractivity contribution in [1.82, 2.24) is 19.7 Å². The summed E-state index contributed by atoms with van der Waals surface area (Å²) in [6.45, 7) is 3.79. The first kappa shape index (κ1) is 20.3. The molecule has 0 amide bonds. The molecule has 0 radical (unpaired) electrons. The van der Waals surface area contributed by atoms with E-state index in [0.717, 1.165) is 19.3 Å². The van der Waals surface area contributed by atoms with E-state index < -0.39 is 0 Å². The Morgan fingerprint density at radius 2 is 2.00 bits per heavy atom. The summed E-state index contributed by atoms with van der Waals surface area (Å²) >= 11 is 1.30. The molecule has 0 aliphatic rings. The predicted molar refractivity (Wildman–Crippen MR) is 115 cm³/mol. The number of aryl methyl sites for hydroxylation is 2. The molecular weight excluding hydrogens is 403 g/mol. The number of para-hydroxylation sites is 1. The summed E-state index contributed by atoms with van der Waals surface area (Å²) in [6, 6.07) is 11.8. The van der Waals surface area contributed by atoms with E-state index in [1.807, 2.05) is 6.07 Å². The van der Waals surface area contributed by atoms with Gasteiger partial charge in [-0.1, -0.05) is 48.5 Å². The van der Waals surface area contributed by atoms with Crippen LogP contribution in [0.1, 0.15) is 37.0 Å². The van der Waals surface area contributed by atoms with Crippen molar-refractivity contribution in [1.29, 1.82) is 0 Å². The molecule has 0 aliphatic carbocycles. The molecule has 0 unspecified atom stereocenters. The molecule has 0 atom stereocenters. The third-order valence-corrected chi connectivity index (χ3v) is 5.67. The van der Waals surface area contributed by atoms with E-state index in [0.29, 0.717) is 44.8 Å². The van der Waals surface area contributed by atoms with E-state index >= 15 is 0 Å². The number of rotatable bonds is 7. The van der Waals surface area contributed by atoms with Crippen LogP contribution in [0.4, 0.5) is 4.39 Å². The molecule has 0 fully saturated rings. The quantitative estimate of drug-likeness (QED) is 0.312. The first-order valence-electron chi connectivity index (χ1n) is 9.79. The standard InChI is InChI=1S/C22H21FN4O2S/c1-3-4-9-19-25-20(29-26-19)13-30-22-24-18-8-6-5-7-16(18)21(28)27(22)15-11-10-14(2)17(23)12-15/h5-8,10-12H,3-4,9,13H2,1-2H3. The minimum Gasteiger partial charge on any atom is -0.338 e. The number of hydrogen-bond donors (Lipinski definition) is 0. The third-order valence-electron chi connectivity index (χ3n) is 4.75. The molecule has 4 aromatic rings. The summed E-state index contributed by atoms with van der Waals surface area (Å²) in [5.74, 6) is 1.13. The lowest BCUT2D eigenvalue weighted by Crippen LogP contribution is -2.22. The summed E-state index contributed by atoms with van der Waals surface area (Å²) in [7, 11) is 0. The van der Waals surface area contributed by atoms with Gasteiger partial charge in [-0.05, 0) is 43.2 Å². The fourth-order valence-electron chi connectivity index (χ4n) is 3.07. The molecule has 2 aromatic heterocycles. The van der Waals surface area contributed by atoms with Crippen molar-refractivity contribution in [3.05, 3.63) is 75.9 Å². The summed E-state index contributed by atoms with van der Waals surface area (Å²) < 4.78 is 21.0. The Hall–Kier alpha value is -3.00. The predicted octanol–water partition coefficient (Wildman–Crippen LogP) is 4.85. The van der Waals surface area contributed by atoms with Crippen molar-refractivity contribution >= 4 is 22.7 Å². The first-order chi connectivity index (χ1) is 14.6. The smallest absolute Gasteiger partial charge is 0.266 e. The van der Waals surface area contributed by atoms with Crippen LogP contribution in [0.5, 0.6) is 0 Å². The van der Waals surface area contributed by atoms with Crippen molar-refractivity contribution < 1.29 is 8.91 Å². The van der Waals surface area contributed by atoms with Gasteiger partial charge in [0.05, 0.1) is 22.3 Å². The van der Waals surface area contributed by atoms with Crippen LogP contribution in [0.15, 0.2) is 56.9 Å². The van der Waals surface area contributed by atoms with Crippen molar-refractivity contribution in [2.45, 2.75) is 44.0 Å². The van der Waals surface area contributed by atoms with Crippen molar-refractivity contribution in [3.8, 4) is 5.69 Å². The Morgan fingerprint density at radius 3 is 2.80 bits per heavy atom. The number of hydrogen-bond acceptors (Lipinski definition) is 6. The minimum atomic E-state index is -0.374.